The second-order valence-corrected chi connectivity index (χ2v) is 15.3. The quantitative estimate of drug-likeness (QED) is 0.172. The van der Waals surface area contributed by atoms with E-state index in [9.17, 15) is 0 Å². The Morgan fingerprint density at radius 1 is 0.333 bits per heavy atom. The maximum absolute atomic E-state index is 2.54. The van der Waals surface area contributed by atoms with Gasteiger partial charge in [-0.15, -0.1) is 0 Å². The monoisotopic (exact) mass is 653 g/mol. The molecule has 0 saturated heterocycles. The van der Waals surface area contributed by atoms with E-state index in [-0.39, 0.29) is 10.8 Å². The number of rotatable bonds is 3. The van der Waals surface area contributed by atoms with Gasteiger partial charge in [0, 0.05) is 10.8 Å². The molecule has 0 aliphatic carbocycles. The third-order valence-corrected chi connectivity index (χ3v) is 11.8. The molecule has 8 aromatic rings. The van der Waals surface area contributed by atoms with Crippen molar-refractivity contribution in [2.45, 2.75) is 38.5 Å². The van der Waals surface area contributed by atoms with Gasteiger partial charge < -0.3 is 4.90 Å². The molecule has 0 fully saturated rings. The van der Waals surface area contributed by atoms with E-state index in [2.05, 4.69) is 196 Å². The lowest BCUT2D eigenvalue weighted by Gasteiger charge is -2.49. The van der Waals surface area contributed by atoms with Crippen LogP contribution in [0, 0.1) is 0 Å². The van der Waals surface area contributed by atoms with E-state index >= 15 is 0 Å². The minimum atomic E-state index is -0.159. The summed E-state index contributed by atoms with van der Waals surface area (Å²) in [5, 5.41) is 5.12. The zero-order chi connectivity index (χ0) is 34.5. The van der Waals surface area contributed by atoms with E-state index in [0.717, 1.165) is 0 Å². The van der Waals surface area contributed by atoms with Crippen molar-refractivity contribution in [2.24, 2.45) is 0 Å². The number of para-hydroxylation sites is 2. The summed E-state index contributed by atoms with van der Waals surface area (Å²) in [7, 11) is 0. The van der Waals surface area contributed by atoms with E-state index in [1.54, 1.807) is 0 Å². The summed E-state index contributed by atoms with van der Waals surface area (Å²) in [6, 6.07) is 60.9. The van der Waals surface area contributed by atoms with E-state index in [4.69, 9.17) is 0 Å². The number of fused-ring (bicyclic) bond motifs is 6. The van der Waals surface area contributed by atoms with Crippen molar-refractivity contribution in [3.63, 3.8) is 0 Å². The van der Waals surface area contributed by atoms with Crippen LogP contribution in [0.4, 0.5) is 17.1 Å². The predicted octanol–water partition coefficient (Wildman–Crippen LogP) is 13.7. The van der Waals surface area contributed by atoms with E-state index in [1.165, 1.54) is 94.2 Å². The summed E-state index contributed by atoms with van der Waals surface area (Å²) in [6.45, 7) is 9.54. The van der Waals surface area contributed by atoms with Crippen molar-refractivity contribution in [3.8, 4) is 33.4 Å². The molecule has 0 N–H and O–H groups in total. The maximum Gasteiger partial charge on any atom is 0.0543 e. The Hall–Kier alpha value is -5.92. The lowest BCUT2D eigenvalue weighted by molar-refractivity contribution is 0.597. The van der Waals surface area contributed by atoms with Crippen LogP contribution in [0.2, 0.25) is 0 Å². The minimum Gasteiger partial charge on any atom is -0.309 e. The normalized spacial score (nSPS) is 14.9. The second kappa shape index (κ2) is 10.8. The highest BCUT2D eigenvalue weighted by Crippen LogP contribution is 2.60. The molecule has 2 aliphatic heterocycles. The van der Waals surface area contributed by atoms with Crippen LogP contribution in [0.1, 0.15) is 49.9 Å². The van der Waals surface area contributed by atoms with Gasteiger partial charge in [-0.05, 0) is 95.4 Å². The van der Waals surface area contributed by atoms with Gasteiger partial charge in [-0.1, -0.05) is 173 Å². The first-order valence-electron chi connectivity index (χ1n) is 18.1. The predicted molar refractivity (Wildman–Crippen MR) is 217 cm³/mol. The fourth-order valence-electron chi connectivity index (χ4n) is 9.25. The second-order valence-electron chi connectivity index (χ2n) is 15.3. The summed E-state index contributed by atoms with van der Waals surface area (Å²) in [5.74, 6) is 0. The molecule has 8 aromatic carbocycles. The molecule has 51 heavy (non-hydrogen) atoms. The van der Waals surface area contributed by atoms with Gasteiger partial charge in [-0.25, -0.2) is 0 Å². The molecule has 2 aliphatic rings. The first kappa shape index (κ1) is 29.9. The van der Waals surface area contributed by atoms with E-state index in [0.29, 0.717) is 0 Å². The van der Waals surface area contributed by atoms with Crippen LogP contribution in [0.15, 0.2) is 164 Å². The molecular formula is C50H39N. The van der Waals surface area contributed by atoms with Gasteiger partial charge in [0.05, 0.1) is 17.1 Å². The Labute approximate surface area is 300 Å². The molecule has 1 heteroatoms. The van der Waals surface area contributed by atoms with Gasteiger partial charge in [0.2, 0.25) is 0 Å². The molecule has 0 amide bonds. The molecule has 244 valence electrons. The molecule has 2 heterocycles. The fourth-order valence-corrected chi connectivity index (χ4v) is 9.25. The first-order valence-corrected chi connectivity index (χ1v) is 18.1. The van der Waals surface area contributed by atoms with Gasteiger partial charge in [0.1, 0.15) is 0 Å². The van der Waals surface area contributed by atoms with Gasteiger partial charge in [-0.2, -0.15) is 0 Å². The summed E-state index contributed by atoms with van der Waals surface area (Å²) in [4.78, 5) is 2.54. The van der Waals surface area contributed by atoms with Crippen molar-refractivity contribution >= 4 is 38.6 Å². The Balaban J connectivity index is 1.11. The van der Waals surface area contributed by atoms with Gasteiger partial charge in [0.15, 0.2) is 0 Å². The number of hydrogen-bond acceptors (Lipinski definition) is 1. The van der Waals surface area contributed by atoms with E-state index in [1.807, 2.05) is 0 Å². The molecule has 10 rings (SSSR count). The lowest BCUT2D eigenvalue weighted by atomic mass is 9.66. The van der Waals surface area contributed by atoms with Crippen molar-refractivity contribution < 1.29 is 0 Å². The van der Waals surface area contributed by atoms with Crippen LogP contribution in [-0.4, -0.2) is 0 Å². The highest BCUT2D eigenvalue weighted by molar-refractivity contribution is 6.21. The van der Waals surface area contributed by atoms with Crippen LogP contribution in [-0.2, 0) is 10.8 Å². The average Bonchev–Trinajstić information content (AvgIpc) is 3.17. The fraction of sp³-hybridized carbons (Fsp3) is 0.120. The summed E-state index contributed by atoms with van der Waals surface area (Å²) in [6.07, 6.45) is 0. The van der Waals surface area contributed by atoms with Crippen molar-refractivity contribution in [1.29, 1.82) is 0 Å². The molecule has 0 spiro atoms. The van der Waals surface area contributed by atoms with Crippen LogP contribution >= 0.6 is 0 Å². The van der Waals surface area contributed by atoms with Crippen molar-refractivity contribution in [2.75, 3.05) is 4.90 Å². The molecule has 0 saturated carbocycles. The SMILES string of the molecule is CC1(C)c2ccccc2N2c3ccc(-c4ccc(-c5c6ccccc6c(-c6ccccc6)c6ccccc56)cc4)cc3C(C)(C)c3cccc1c32. The molecule has 0 unspecified atom stereocenters. The van der Waals surface area contributed by atoms with Crippen molar-refractivity contribution in [1.82, 2.24) is 0 Å². The zero-order valence-corrected chi connectivity index (χ0v) is 29.5. The number of nitrogens with zero attached hydrogens (tertiary/aromatic N) is 1. The molecule has 0 radical (unpaired) electrons. The molecule has 0 atom stereocenters. The highest BCUT2D eigenvalue weighted by Gasteiger charge is 2.45. The molecule has 0 bridgehead atoms. The summed E-state index contributed by atoms with van der Waals surface area (Å²) >= 11 is 0. The third-order valence-electron chi connectivity index (χ3n) is 11.8. The third kappa shape index (κ3) is 4.22. The Morgan fingerprint density at radius 3 is 1.37 bits per heavy atom. The number of hydrogen-bond donors (Lipinski definition) is 0. The summed E-state index contributed by atoms with van der Waals surface area (Å²) in [5.41, 5.74) is 16.7. The van der Waals surface area contributed by atoms with Gasteiger partial charge in [-0.3, -0.25) is 0 Å². The van der Waals surface area contributed by atoms with Crippen molar-refractivity contribution in [3.05, 3.63) is 186 Å². The molecule has 0 aromatic heterocycles. The lowest BCUT2D eigenvalue weighted by Crippen LogP contribution is -2.38. The number of anilines is 3. The average molecular weight is 654 g/mol. The molecular weight excluding hydrogens is 615 g/mol. The zero-order valence-electron chi connectivity index (χ0n) is 29.5. The standard InChI is InChI=1S/C50H39N/c1-49(2)40-21-12-13-24-44(40)51-45-30-29-35(31-43(45)50(3,4)42-23-14-22-41(49)48(42)51)32-25-27-34(28-26-32)47-38-19-10-8-17-36(38)46(33-15-6-5-7-16-33)37-18-9-11-20-39(37)47/h5-31H,1-4H3. The van der Waals surface area contributed by atoms with Gasteiger partial charge >= 0.3 is 0 Å². The molecule has 1 nitrogen and oxygen atoms in total. The Bertz CT molecular complexity index is 2620. The maximum atomic E-state index is 2.54. The topological polar surface area (TPSA) is 3.24 Å². The van der Waals surface area contributed by atoms with Gasteiger partial charge in [0.25, 0.3) is 0 Å². The van der Waals surface area contributed by atoms with Crippen LogP contribution in [0.25, 0.3) is 54.9 Å². The van der Waals surface area contributed by atoms with Crippen LogP contribution < -0.4 is 4.90 Å². The van der Waals surface area contributed by atoms with E-state index < -0.39 is 0 Å². The Morgan fingerprint density at radius 2 is 0.765 bits per heavy atom. The Kier molecular flexibility index (Phi) is 6.34. The summed E-state index contributed by atoms with van der Waals surface area (Å²) < 4.78 is 0. The van der Waals surface area contributed by atoms with Crippen LogP contribution in [0.3, 0.4) is 0 Å². The largest absolute Gasteiger partial charge is 0.309 e. The number of benzene rings is 8. The minimum absolute atomic E-state index is 0.0772. The first-order chi connectivity index (χ1) is 24.8. The van der Waals surface area contributed by atoms with Crippen LogP contribution in [0.5, 0.6) is 0 Å². The smallest absolute Gasteiger partial charge is 0.0543 e. The highest BCUT2D eigenvalue weighted by atomic mass is 15.2.